The van der Waals surface area contributed by atoms with Crippen molar-refractivity contribution in [1.82, 2.24) is 9.80 Å². The van der Waals surface area contributed by atoms with Crippen molar-refractivity contribution in [3.63, 3.8) is 0 Å². The molecule has 2 fully saturated rings. The molecule has 10 heteroatoms. The molecule has 0 radical (unpaired) electrons. The van der Waals surface area contributed by atoms with Crippen LogP contribution in [0.4, 0.5) is 0 Å². The molecule has 0 aromatic heterocycles. The van der Waals surface area contributed by atoms with E-state index in [4.69, 9.17) is 28.4 Å². The molecule has 0 N–H and O–H groups in total. The van der Waals surface area contributed by atoms with Crippen molar-refractivity contribution in [2.45, 2.75) is 63.5 Å². The number of carbonyl (C=O) groups excluding carboxylic acids is 1. The summed E-state index contributed by atoms with van der Waals surface area (Å²) in [4.78, 5) is 16.1. The molecule has 0 saturated carbocycles. The number of methoxy groups -OCH3 is 6. The number of hydrogen-bond donors (Lipinski definition) is 0. The number of amides is 1. The van der Waals surface area contributed by atoms with E-state index in [1.807, 2.05) is 31.3 Å². The van der Waals surface area contributed by atoms with Gasteiger partial charge in [-0.1, -0.05) is 18.2 Å². The predicted molar refractivity (Wildman–Crippen MR) is 215 cm³/mol. The quantitative estimate of drug-likeness (QED) is 0.280. The number of nitrogens with zero attached hydrogens (tertiary/aromatic N) is 3. The SMILES string of the molecule is COc1ccc2c(c1OC)CC1CC(=O)N(C)C1=C2.COc1ccc2c(c1OC)C[C@H]1CC=[N+](C)C1C2.COc1ccc2c(c1OC)C[C@H]1CCN(C)C1C2. The van der Waals surface area contributed by atoms with Crippen LogP contribution in [0.5, 0.6) is 34.5 Å². The first kappa shape index (κ1) is 38.6. The zero-order chi connectivity index (χ0) is 39.0. The summed E-state index contributed by atoms with van der Waals surface area (Å²) in [5, 5.41) is 0. The van der Waals surface area contributed by atoms with E-state index in [1.54, 1.807) is 47.6 Å². The van der Waals surface area contributed by atoms with Gasteiger partial charge in [-0.25, -0.2) is 4.58 Å². The van der Waals surface area contributed by atoms with Crippen LogP contribution >= 0.6 is 0 Å². The molecule has 1 amide bonds. The van der Waals surface area contributed by atoms with Gasteiger partial charge in [-0.2, -0.15) is 0 Å². The molecule has 294 valence electrons. The van der Waals surface area contributed by atoms with E-state index < -0.39 is 0 Å². The monoisotopic (exact) mass is 752 g/mol. The molecule has 0 bridgehead atoms. The number of hydrogen-bond acceptors (Lipinski definition) is 8. The molecular formula is C45H58N3O7+. The lowest BCUT2D eigenvalue weighted by Gasteiger charge is -2.32. The predicted octanol–water partition coefficient (Wildman–Crippen LogP) is 6.11. The Labute approximate surface area is 326 Å². The van der Waals surface area contributed by atoms with E-state index in [-0.39, 0.29) is 11.8 Å². The molecule has 0 spiro atoms. The highest BCUT2D eigenvalue weighted by molar-refractivity contribution is 5.85. The molecule has 55 heavy (non-hydrogen) atoms. The fourth-order valence-corrected chi connectivity index (χ4v) is 9.99. The van der Waals surface area contributed by atoms with Crippen LogP contribution < -0.4 is 28.4 Å². The van der Waals surface area contributed by atoms with Crippen molar-refractivity contribution in [3.05, 3.63) is 75.5 Å². The molecule has 3 aromatic carbocycles. The van der Waals surface area contributed by atoms with E-state index in [1.165, 1.54) is 41.6 Å². The molecular weight excluding hydrogens is 695 g/mol. The zero-order valence-electron chi connectivity index (χ0n) is 34.1. The summed E-state index contributed by atoms with van der Waals surface area (Å²) in [7, 11) is 16.5. The van der Waals surface area contributed by atoms with E-state index in [9.17, 15) is 4.79 Å². The fraction of sp³-hybridized carbons (Fsp3) is 0.511. The summed E-state index contributed by atoms with van der Waals surface area (Å²) in [6.07, 6.45) is 12.8. The van der Waals surface area contributed by atoms with E-state index in [0.717, 1.165) is 101 Å². The van der Waals surface area contributed by atoms with Crippen molar-refractivity contribution in [3.8, 4) is 34.5 Å². The number of carbonyl (C=O) groups is 1. The number of fused-ring (bicyclic) bond motifs is 6. The van der Waals surface area contributed by atoms with Crippen LogP contribution in [0, 0.1) is 17.8 Å². The van der Waals surface area contributed by atoms with Gasteiger partial charge in [0.05, 0.1) is 42.7 Å². The minimum Gasteiger partial charge on any atom is -0.493 e. The number of benzene rings is 3. The standard InChI is InChI=1S/C15H17NO3.C15H21NO2.C15H20NO2/c1-16-12-7-9-4-5-13(18-2)15(19-3)11(9)6-10(12)8-14(16)17;2*1-16-7-6-11-8-12-10(9-13(11)16)4-5-14(17-2)15(12)18-3/h4-5,7,10H,6,8H2,1-3H3;4-5,11,13H,6-9H2,1-3H3;4-5,7,11,13H,6,8-9H2,1-3H3/q;;+1/t;2*11-,13?/m.11/s1. The highest BCUT2D eigenvalue weighted by Crippen LogP contribution is 2.45. The average Bonchev–Trinajstić information content (AvgIpc) is 3.86. The minimum absolute atomic E-state index is 0.190. The molecule has 6 aliphatic rings. The van der Waals surface area contributed by atoms with Crippen LogP contribution in [0.25, 0.3) is 6.08 Å². The summed E-state index contributed by atoms with van der Waals surface area (Å²) >= 11 is 0. The summed E-state index contributed by atoms with van der Waals surface area (Å²) in [5.41, 5.74) is 8.93. The van der Waals surface area contributed by atoms with Crippen LogP contribution in [0.2, 0.25) is 0 Å². The largest absolute Gasteiger partial charge is 0.493 e. The van der Waals surface area contributed by atoms with E-state index in [0.29, 0.717) is 12.5 Å². The Kier molecular flexibility index (Phi) is 11.3. The lowest BCUT2D eigenvalue weighted by molar-refractivity contribution is -0.532. The Morgan fingerprint density at radius 1 is 0.636 bits per heavy atom. The number of ether oxygens (including phenoxy) is 6. The number of rotatable bonds is 6. The summed E-state index contributed by atoms with van der Waals surface area (Å²) < 4.78 is 35.1. The van der Waals surface area contributed by atoms with Gasteiger partial charge in [0.1, 0.15) is 13.3 Å². The molecule has 2 saturated heterocycles. The smallest absolute Gasteiger partial charge is 0.227 e. The zero-order valence-corrected chi connectivity index (χ0v) is 34.1. The van der Waals surface area contributed by atoms with Crippen molar-refractivity contribution in [2.75, 3.05) is 70.3 Å². The second kappa shape index (κ2) is 16.2. The third kappa shape index (κ3) is 7.14. The normalized spacial score (nSPS) is 24.1. The van der Waals surface area contributed by atoms with Gasteiger partial charge < -0.3 is 38.2 Å². The van der Waals surface area contributed by atoms with Crippen LogP contribution in [-0.4, -0.2) is 109 Å². The Bertz CT molecular complexity index is 1970. The van der Waals surface area contributed by atoms with Crippen LogP contribution in [0.15, 0.2) is 42.1 Å². The molecule has 9 rings (SSSR count). The van der Waals surface area contributed by atoms with Crippen LogP contribution in [-0.2, 0) is 36.9 Å². The lowest BCUT2D eigenvalue weighted by atomic mass is 9.79. The highest BCUT2D eigenvalue weighted by Gasteiger charge is 2.41. The molecule has 3 aliphatic heterocycles. The van der Waals surface area contributed by atoms with Gasteiger partial charge >= 0.3 is 0 Å². The maximum absolute atomic E-state index is 11.8. The molecule has 5 atom stereocenters. The van der Waals surface area contributed by atoms with E-state index >= 15 is 0 Å². The summed E-state index contributed by atoms with van der Waals surface area (Å²) in [6, 6.07) is 13.8. The minimum atomic E-state index is 0.190. The van der Waals surface area contributed by atoms with E-state index in [2.05, 4.69) is 48.0 Å². The van der Waals surface area contributed by atoms with Gasteiger partial charge in [0.2, 0.25) is 5.91 Å². The summed E-state index contributed by atoms with van der Waals surface area (Å²) in [5.74, 6) is 7.10. The molecule has 3 aliphatic carbocycles. The van der Waals surface area contributed by atoms with Crippen LogP contribution in [0.1, 0.15) is 52.6 Å². The van der Waals surface area contributed by atoms with Crippen molar-refractivity contribution in [1.29, 1.82) is 0 Å². The maximum atomic E-state index is 11.8. The van der Waals surface area contributed by atoms with Gasteiger partial charge in [-0.15, -0.1) is 0 Å². The Morgan fingerprint density at radius 3 is 1.80 bits per heavy atom. The van der Waals surface area contributed by atoms with Gasteiger partial charge in [0.25, 0.3) is 0 Å². The van der Waals surface area contributed by atoms with Crippen molar-refractivity contribution in [2.24, 2.45) is 17.8 Å². The van der Waals surface area contributed by atoms with Gasteiger partial charge in [0, 0.05) is 66.6 Å². The summed E-state index contributed by atoms with van der Waals surface area (Å²) in [6.45, 7) is 1.22. The topological polar surface area (TPSA) is 81.9 Å². The Morgan fingerprint density at radius 2 is 1.20 bits per heavy atom. The van der Waals surface area contributed by atoms with Crippen molar-refractivity contribution < 1.29 is 37.8 Å². The van der Waals surface area contributed by atoms with Gasteiger partial charge in [-0.05, 0) is 92.6 Å². The average molecular weight is 753 g/mol. The maximum Gasteiger partial charge on any atom is 0.227 e. The van der Waals surface area contributed by atoms with Gasteiger partial charge in [0.15, 0.2) is 40.5 Å². The second-order valence-electron chi connectivity index (χ2n) is 15.7. The van der Waals surface area contributed by atoms with Gasteiger partial charge in [-0.3, -0.25) is 4.79 Å². The Balaban J connectivity index is 0.000000127. The first-order valence-corrected chi connectivity index (χ1v) is 19.6. The third-order valence-electron chi connectivity index (χ3n) is 13.0. The number of likely N-dealkylation sites (tertiary alicyclic amines) is 2. The molecule has 3 heterocycles. The first-order chi connectivity index (χ1) is 26.6. The highest BCUT2D eigenvalue weighted by atomic mass is 16.5. The van der Waals surface area contributed by atoms with Crippen molar-refractivity contribution >= 4 is 18.2 Å². The third-order valence-corrected chi connectivity index (χ3v) is 13.0. The number of allylic oxidation sites excluding steroid dienone is 1. The fourth-order valence-electron chi connectivity index (χ4n) is 9.99. The molecule has 3 aromatic rings. The first-order valence-electron chi connectivity index (χ1n) is 19.6. The lowest BCUT2D eigenvalue weighted by Crippen LogP contribution is -2.35. The second-order valence-corrected chi connectivity index (χ2v) is 15.7. The molecule has 3 unspecified atom stereocenters. The molecule has 10 nitrogen and oxygen atoms in total. The Hall–Kier alpha value is -4.70. The van der Waals surface area contributed by atoms with Crippen LogP contribution in [0.3, 0.4) is 0 Å². The number of likely N-dealkylation sites (N-methyl/N-ethyl adjacent to an activating group) is 2.